The number of likely N-dealkylation sites (N-methyl/N-ethyl adjacent to an activating group) is 1. The Morgan fingerprint density at radius 3 is 1.12 bits per heavy atom. The van der Waals surface area contributed by atoms with Crippen LogP contribution in [0.4, 0.5) is 0 Å². The molecule has 0 aliphatic carbocycles. The van der Waals surface area contributed by atoms with Crippen molar-refractivity contribution in [1.29, 1.82) is 0 Å². The van der Waals surface area contributed by atoms with E-state index in [2.05, 4.69) is 38.2 Å². The number of hydrogen-bond acceptors (Lipinski definition) is 8. The molecule has 2 atom stereocenters. The summed E-state index contributed by atoms with van der Waals surface area (Å²) in [7, 11) is 1.17. The number of rotatable bonds is 52. The van der Waals surface area contributed by atoms with E-state index in [1.807, 2.05) is 21.1 Å². The van der Waals surface area contributed by atoms with Crippen molar-refractivity contribution < 1.29 is 42.1 Å². The number of esters is 2. The van der Waals surface area contributed by atoms with Crippen LogP contribution < -0.4 is 4.89 Å². The van der Waals surface area contributed by atoms with Crippen LogP contribution in [0, 0.1) is 0 Å². The van der Waals surface area contributed by atoms with Crippen molar-refractivity contribution in [2.45, 2.75) is 277 Å². The van der Waals surface area contributed by atoms with Gasteiger partial charge in [-0.1, -0.05) is 218 Å². The summed E-state index contributed by atoms with van der Waals surface area (Å²) in [6, 6.07) is 0. The Balaban J connectivity index is 4.18. The molecule has 0 radical (unpaired) electrons. The van der Waals surface area contributed by atoms with E-state index < -0.39 is 26.5 Å². The third-order valence-corrected chi connectivity index (χ3v) is 13.4. The minimum atomic E-state index is -4.63. The molecule has 0 aromatic carbocycles. The maximum atomic E-state index is 12.8. The van der Waals surface area contributed by atoms with Gasteiger partial charge in [-0.25, -0.2) is 0 Å². The van der Waals surface area contributed by atoms with Crippen LogP contribution in [0.5, 0.6) is 0 Å². The van der Waals surface area contributed by atoms with E-state index in [4.69, 9.17) is 18.5 Å². The minimum absolute atomic E-state index is 0.0296. The van der Waals surface area contributed by atoms with Gasteiger partial charge in [-0.15, -0.1) is 0 Å². The molecule has 0 heterocycles. The summed E-state index contributed by atoms with van der Waals surface area (Å²) in [5.74, 6) is -0.826. The number of allylic oxidation sites excluding steroid dienone is 4. The van der Waals surface area contributed by atoms with Crippen molar-refractivity contribution in [3.05, 3.63) is 24.3 Å². The Labute approximate surface area is 409 Å². The van der Waals surface area contributed by atoms with Gasteiger partial charge in [0.15, 0.2) is 6.10 Å². The number of nitrogens with zero attached hydrogens (tertiary/aromatic N) is 1. The smallest absolute Gasteiger partial charge is 0.306 e. The molecule has 0 saturated carbocycles. The fourth-order valence-electron chi connectivity index (χ4n) is 8.06. The lowest BCUT2D eigenvalue weighted by Crippen LogP contribution is -2.37. The fraction of sp³-hybridized carbons (Fsp3) is 0.893. The Morgan fingerprint density at radius 2 is 0.773 bits per heavy atom. The van der Waals surface area contributed by atoms with Crippen LogP contribution in [0.2, 0.25) is 0 Å². The highest BCUT2D eigenvalue weighted by molar-refractivity contribution is 7.45. The molecule has 0 fully saturated rings. The maximum Gasteiger partial charge on any atom is 0.306 e. The van der Waals surface area contributed by atoms with Crippen molar-refractivity contribution in [2.24, 2.45) is 0 Å². The van der Waals surface area contributed by atoms with Gasteiger partial charge in [0.25, 0.3) is 7.82 Å². The first-order valence-electron chi connectivity index (χ1n) is 28.0. The number of ether oxygens (including phenoxy) is 2. The summed E-state index contributed by atoms with van der Waals surface area (Å²) in [5, 5.41) is 0. The molecule has 0 rings (SSSR count). The molecule has 0 aliphatic rings. The average molecular weight is 954 g/mol. The van der Waals surface area contributed by atoms with Gasteiger partial charge in [-0.3, -0.25) is 14.2 Å². The number of carbonyl (C=O) groups excluding carboxylic acids is 2. The van der Waals surface area contributed by atoms with E-state index in [0.29, 0.717) is 17.4 Å². The van der Waals surface area contributed by atoms with Crippen molar-refractivity contribution in [1.82, 2.24) is 0 Å². The largest absolute Gasteiger partial charge is 0.756 e. The quantitative estimate of drug-likeness (QED) is 0.0195. The summed E-state index contributed by atoms with van der Waals surface area (Å²) >= 11 is 0. The molecule has 9 nitrogen and oxygen atoms in total. The predicted octanol–water partition coefficient (Wildman–Crippen LogP) is 16.4. The van der Waals surface area contributed by atoms with Crippen LogP contribution in [0.25, 0.3) is 0 Å². The second kappa shape index (κ2) is 48.5. The topological polar surface area (TPSA) is 111 Å². The standard InChI is InChI=1S/C56H108NO8P/c1-6-8-10-12-14-16-18-20-22-24-26-28-30-32-34-36-38-40-42-44-46-48-55(58)62-52-54(53-64-66(60,61)63-51-50-57(3,4)5)65-56(59)49-47-45-43-41-39-37-35-33-31-29-27-25-23-21-19-17-15-13-11-9-7-2/h24-27,54H,6-23,28-53H2,1-5H3/b26-24-,27-25-. The summed E-state index contributed by atoms with van der Waals surface area (Å²) in [4.78, 5) is 37.8. The SMILES string of the molecule is CCCCCCCCCC/C=C\CCCCCCCCCCCC(=O)OCC(COP(=O)([O-])OCC[N+](C)(C)C)OC(=O)CCCCCCCCCCC/C=C\CCCCCCCCCC. The number of carbonyl (C=O) groups is 2. The van der Waals surface area contributed by atoms with Crippen LogP contribution in [-0.4, -0.2) is 70.0 Å². The first-order valence-corrected chi connectivity index (χ1v) is 29.5. The molecule has 0 aromatic rings. The second-order valence-corrected chi connectivity index (χ2v) is 21.7. The molecule has 390 valence electrons. The summed E-state index contributed by atoms with van der Waals surface area (Å²) in [6.07, 6.45) is 56.4. The highest BCUT2D eigenvalue weighted by atomic mass is 31.2. The highest BCUT2D eigenvalue weighted by Gasteiger charge is 2.22. The normalized spacial score (nSPS) is 13.5. The Bertz CT molecular complexity index is 1170. The lowest BCUT2D eigenvalue weighted by Gasteiger charge is -2.28. The molecule has 2 unspecified atom stereocenters. The van der Waals surface area contributed by atoms with E-state index in [-0.39, 0.29) is 32.0 Å². The zero-order valence-electron chi connectivity index (χ0n) is 44.2. The molecule has 0 aliphatic heterocycles. The molecule has 66 heavy (non-hydrogen) atoms. The summed E-state index contributed by atoms with van der Waals surface area (Å²) in [5.41, 5.74) is 0. The van der Waals surface area contributed by atoms with Gasteiger partial charge in [-0.2, -0.15) is 0 Å². The second-order valence-electron chi connectivity index (χ2n) is 20.3. The van der Waals surface area contributed by atoms with Crippen LogP contribution in [0.15, 0.2) is 24.3 Å². The minimum Gasteiger partial charge on any atom is -0.756 e. The number of quaternary nitrogens is 1. The van der Waals surface area contributed by atoms with Crippen LogP contribution in [-0.2, 0) is 32.7 Å². The van der Waals surface area contributed by atoms with Crippen LogP contribution in [0.3, 0.4) is 0 Å². The van der Waals surface area contributed by atoms with Crippen molar-refractivity contribution in [2.75, 3.05) is 47.5 Å². The third-order valence-electron chi connectivity index (χ3n) is 12.4. The zero-order chi connectivity index (χ0) is 48.5. The average Bonchev–Trinajstić information content (AvgIpc) is 3.27. The Kier molecular flexibility index (Phi) is 47.4. The van der Waals surface area contributed by atoms with Gasteiger partial charge >= 0.3 is 11.9 Å². The van der Waals surface area contributed by atoms with Crippen LogP contribution >= 0.6 is 7.82 Å². The van der Waals surface area contributed by atoms with E-state index >= 15 is 0 Å². The highest BCUT2D eigenvalue weighted by Crippen LogP contribution is 2.38. The van der Waals surface area contributed by atoms with E-state index in [9.17, 15) is 19.0 Å². The molecule has 10 heteroatoms. The summed E-state index contributed by atoms with van der Waals surface area (Å²) in [6.45, 7) is 4.27. The van der Waals surface area contributed by atoms with Crippen molar-refractivity contribution in [3.63, 3.8) is 0 Å². The van der Waals surface area contributed by atoms with E-state index in [0.717, 1.165) is 38.5 Å². The monoisotopic (exact) mass is 954 g/mol. The Morgan fingerprint density at radius 1 is 0.455 bits per heavy atom. The van der Waals surface area contributed by atoms with Gasteiger partial charge < -0.3 is 27.9 Å². The first kappa shape index (κ1) is 64.5. The molecule has 0 N–H and O–H groups in total. The number of phosphoric acid groups is 1. The first-order chi connectivity index (χ1) is 32.0. The lowest BCUT2D eigenvalue weighted by atomic mass is 10.1. The maximum absolute atomic E-state index is 12.8. The summed E-state index contributed by atoms with van der Waals surface area (Å²) < 4.78 is 34.1. The van der Waals surface area contributed by atoms with Crippen molar-refractivity contribution in [3.8, 4) is 0 Å². The zero-order valence-corrected chi connectivity index (χ0v) is 45.1. The molecule has 0 bridgehead atoms. The van der Waals surface area contributed by atoms with Gasteiger partial charge in [0.05, 0.1) is 27.7 Å². The third kappa shape index (κ3) is 51.9. The number of phosphoric ester groups is 1. The Hall–Kier alpha value is -1.51. The van der Waals surface area contributed by atoms with Gasteiger partial charge in [0.1, 0.15) is 19.8 Å². The fourth-order valence-corrected chi connectivity index (χ4v) is 8.79. The van der Waals surface area contributed by atoms with Gasteiger partial charge in [0.2, 0.25) is 0 Å². The van der Waals surface area contributed by atoms with Gasteiger partial charge in [0, 0.05) is 12.8 Å². The van der Waals surface area contributed by atoms with Gasteiger partial charge in [-0.05, 0) is 64.2 Å². The lowest BCUT2D eigenvalue weighted by molar-refractivity contribution is -0.870. The molecule has 0 spiro atoms. The number of unbranched alkanes of at least 4 members (excludes halogenated alkanes) is 34. The number of hydrogen-bond donors (Lipinski definition) is 0. The van der Waals surface area contributed by atoms with Crippen molar-refractivity contribution >= 4 is 19.8 Å². The predicted molar refractivity (Wildman–Crippen MR) is 278 cm³/mol. The van der Waals surface area contributed by atoms with E-state index in [1.165, 1.54) is 199 Å². The molecule has 0 saturated heterocycles. The molecular weight excluding hydrogens is 846 g/mol. The van der Waals surface area contributed by atoms with Crippen LogP contribution in [0.1, 0.15) is 271 Å². The molecular formula is C56H108NO8P. The molecule has 0 aromatic heterocycles. The van der Waals surface area contributed by atoms with E-state index in [1.54, 1.807) is 0 Å². The molecule has 0 amide bonds.